The van der Waals surface area contributed by atoms with Crippen LogP contribution in [0.25, 0.3) is 0 Å². The van der Waals surface area contributed by atoms with Crippen LogP contribution in [-0.2, 0) is 0 Å². The number of hydrogen-bond acceptors (Lipinski definition) is 1. The summed E-state index contributed by atoms with van der Waals surface area (Å²) < 4.78 is 2.30. The van der Waals surface area contributed by atoms with E-state index in [1.54, 1.807) is 0 Å². The van der Waals surface area contributed by atoms with E-state index in [0.29, 0.717) is 6.04 Å². The van der Waals surface area contributed by atoms with E-state index in [4.69, 9.17) is 0 Å². The van der Waals surface area contributed by atoms with Crippen LogP contribution in [-0.4, -0.2) is 7.05 Å². The third kappa shape index (κ3) is 4.07. The van der Waals surface area contributed by atoms with Gasteiger partial charge in [0.1, 0.15) is 0 Å². The molecule has 1 unspecified atom stereocenters. The zero-order valence-electron chi connectivity index (χ0n) is 10.9. The molecule has 3 heteroatoms. The molecule has 1 aliphatic rings. The third-order valence-electron chi connectivity index (χ3n) is 3.93. The molecule has 1 saturated carbocycles. The Hall–Kier alpha value is 0.140. The lowest BCUT2D eigenvalue weighted by Crippen LogP contribution is -2.21. The van der Waals surface area contributed by atoms with Crippen LogP contribution in [0.3, 0.4) is 0 Å². The second-order valence-electron chi connectivity index (χ2n) is 5.28. The van der Waals surface area contributed by atoms with Crippen LogP contribution in [0, 0.1) is 5.92 Å². The normalized spacial score (nSPS) is 18.8. The van der Waals surface area contributed by atoms with Crippen LogP contribution in [0.4, 0.5) is 0 Å². The minimum absolute atomic E-state index is 0.474. The Morgan fingerprint density at radius 1 is 1.11 bits per heavy atom. The van der Waals surface area contributed by atoms with Crippen molar-refractivity contribution >= 4 is 31.9 Å². The van der Waals surface area contributed by atoms with Crippen LogP contribution in [0.5, 0.6) is 0 Å². The standard InChI is InChI=1S/C15H21Br2N/c1-18-15(7-11-5-3-2-4-6-11)12-8-13(16)10-14(17)9-12/h8-11,15,18H,2-7H2,1H3. The SMILES string of the molecule is CNC(CC1CCCCC1)c1cc(Br)cc(Br)c1. The lowest BCUT2D eigenvalue weighted by Gasteiger charge is -2.27. The number of benzene rings is 1. The molecule has 0 spiro atoms. The summed E-state index contributed by atoms with van der Waals surface area (Å²) in [5.41, 5.74) is 1.38. The zero-order valence-corrected chi connectivity index (χ0v) is 14.1. The first-order valence-electron chi connectivity index (χ1n) is 6.82. The number of halogens is 2. The van der Waals surface area contributed by atoms with E-state index in [2.05, 4.69) is 62.4 Å². The smallest absolute Gasteiger partial charge is 0.0320 e. The van der Waals surface area contributed by atoms with Crippen molar-refractivity contribution in [3.05, 3.63) is 32.7 Å². The third-order valence-corrected chi connectivity index (χ3v) is 4.85. The Bertz CT molecular complexity index is 366. The summed E-state index contributed by atoms with van der Waals surface area (Å²) in [6, 6.07) is 7.03. The van der Waals surface area contributed by atoms with E-state index in [-0.39, 0.29) is 0 Å². The fraction of sp³-hybridized carbons (Fsp3) is 0.600. The van der Waals surface area contributed by atoms with E-state index >= 15 is 0 Å². The first-order chi connectivity index (χ1) is 8.69. The van der Waals surface area contributed by atoms with Gasteiger partial charge < -0.3 is 5.32 Å². The molecular formula is C15H21Br2N. The molecule has 18 heavy (non-hydrogen) atoms. The minimum atomic E-state index is 0.474. The summed E-state index contributed by atoms with van der Waals surface area (Å²) in [5.74, 6) is 0.897. The first-order valence-corrected chi connectivity index (χ1v) is 8.41. The molecule has 100 valence electrons. The van der Waals surface area contributed by atoms with Crippen LogP contribution < -0.4 is 5.32 Å². The van der Waals surface area contributed by atoms with Crippen LogP contribution in [0.1, 0.15) is 50.1 Å². The Labute approximate surface area is 127 Å². The first kappa shape index (κ1) is 14.5. The average Bonchev–Trinajstić information content (AvgIpc) is 2.36. The molecule has 0 amide bonds. The highest BCUT2D eigenvalue weighted by Crippen LogP contribution is 2.33. The molecule has 1 aliphatic carbocycles. The van der Waals surface area contributed by atoms with Crippen molar-refractivity contribution in [1.82, 2.24) is 5.32 Å². The zero-order chi connectivity index (χ0) is 13.0. The second kappa shape index (κ2) is 7.06. The van der Waals surface area contributed by atoms with Crippen molar-refractivity contribution in [2.24, 2.45) is 5.92 Å². The molecule has 0 saturated heterocycles. The molecule has 0 aliphatic heterocycles. The topological polar surface area (TPSA) is 12.0 Å². The quantitative estimate of drug-likeness (QED) is 0.739. The maximum atomic E-state index is 3.58. The maximum absolute atomic E-state index is 3.58. The summed E-state index contributed by atoms with van der Waals surface area (Å²) in [6.45, 7) is 0. The van der Waals surface area contributed by atoms with Crippen molar-refractivity contribution in [2.75, 3.05) is 7.05 Å². The maximum Gasteiger partial charge on any atom is 0.0320 e. The van der Waals surface area contributed by atoms with Crippen molar-refractivity contribution in [3.8, 4) is 0 Å². The van der Waals surface area contributed by atoms with Gasteiger partial charge in [0.15, 0.2) is 0 Å². The summed E-state index contributed by atoms with van der Waals surface area (Å²) in [4.78, 5) is 0. The van der Waals surface area contributed by atoms with Gasteiger partial charge >= 0.3 is 0 Å². The Morgan fingerprint density at radius 2 is 1.72 bits per heavy atom. The van der Waals surface area contributed by atoms with E-state index in [1.807, 2.05) is 0 Å². The second-order valence-corrected chi connectivity index (χ2v) is 7.12. The molecular weight excluding hydrogens is 354 g/mol. The molecule has 2 rings (SSSR count). The lowest BCUT2D eigenvalue weighted by molar-refractivity contribution is 0.305. The van der Waals surface area contributed by atoms with Crippen LogP contribution in [0.2, 0.25) is 0 Å². The predicted octanol–water partition coefficient (Wildman–Crippen LogP) is 5.44. The Kier molecular flexibility index (Phi) is 5.71. The molecule has 1 aromatic carbocycles. The summed E-state index contributed by atoms with van der Waals surface area (Å²) in [7, 11) is 2.07. The van der Waals surface area contributed by atoms with E-state index in [0.717, 1.165) is 14.9 Å². The van der Waals surface area contributed by atoms with Gasteiger partial charge in [-0.1, -0.05) is 64.0 Å². The molecule has 1 aromatic rings. The summed E-state index contributed by atoms with van der Waals surface area (Å²) in [6.07, 6.45) is 8.36. The molecule has 0 radical (unpaired) electrons. The van der Waals surface area contributed by atoms with Crippen molar-refractivity contribution < 1.29 is 0 Å². The predicted molar refractivity (Wildman–Crippen MR) is 84.8 cm³/mol. The molecule has 1 fully saturated rings. The lowest BCUT2D eigenvalue weighted by atomic mass is 9.83. The van der Waals surface area contributed by atoms with Crippen molar-refractivity contribution in [3.63, 3.8) is 0 Å². The number of rotatable bonds is 4. The largest absolute Gasteiger partial charge is 0.313 e. The van der Waals surface area contributed by atoms with Crippen molar-refractivity contribution in [2.45, 2.75) is 44.6 Å². The van der Waals surface area contributed by atoms with Crippen LogP contribution in [0.15, 0.2) is 27.1 Å². The van der Waals surface area contributed by atoms with Gasteiger partial charge in [-0.3, -0.25) is 0 Å². The fourth-order valence-corrected chi connectivity index (χ4v) is 4.28. The summed E-state index contributed by atoms with van der Waals surface area (Å²) >= 11 is 7.16. The van der Waals surface area contributed by atoms with Gasteiger partial charge in [0.05, 0.1) is 0 Å². The fourth-order valence-electron chi connectivity index (χ4n) is 2.95. The van der Waals surface area contributed by atoms with Crippen LogP contribution >= 0.6 is 31.9 Å². The molecule has 1 nitrogen and oxygen atoms in total. The van der Waals surface area contributed by atoms with E-state index < -0.39 is 0 Å². The molecule has 0 aromatic heterocycles. The highest BCUT2D eigenvalue weighted by Gasteiger charge is 2.19. The number of hydrogen-bond donors (Lipinski definition) is 1. The van der Waals surface area contributed by atoms with E-state index in [9.17, 15) is 0 Å². The van der Waals surface area contributed by atoms with Gasteiger partial charge in [0.2, 0.25) is 0 Å². The van der Waals surface area contributed by atoms with Gasteiger partial charge in [0, 0.05) is 15.0 Å². The molecule has 0 bridgehead atoms. The highest BCUT2D eigenvalue weighted by molar-refractivity contribution is 9.11. The Morgan fingerprint density at radius 3 is 2.28 bits per heavy atom. The van der Waals surface area contributed by atoms with Crippen molar-refractivity contribution in [1.29, 1.82) is 0 Å². The summed E-state index contributed by atoms with van der Waals surface area (Å²) in [5, 5.41) is 3.48. The highest BCUT2D eigenvalue weighted by atomic mass is 79.9. The van der Waals surface area contributed by atoms with Gasteiger partial charge in [0.25, 0.3) is 0 Å². The van der Waals surface area contributed by atoms with Gasteiger partial charge in [-0.05, 0) is 43.1 Å². The van der Waals surface area contributed by atoms with Gasteiger partial charge in [-0.15, -0.1) is 0 Å². The number of nitrogens with one attached hydrogen (secondary N) is 1. The molecule has 0 heterocycles. The monoisotopic (exact) mass is 373 g/mol. The average molecular weight is 375 g/mol. The minimum Gasteiger partial charge on any atom is -0.313 e. The van der Waals surface area contributed by atoms with E-state index in [1.165, 1.54) is 44.1 Å². The Balaban J connectivity index is 2.06. The van der Waals surface area contributed by atoms with Gasteiger partial charge in [-0.2, -0.15) is 0 Å². The molecule has 1 N–H and O–H groups in total. The van der Waals surface area contributed by atoms with Gasteiger partial charge in [-0.25, -0.2) is 0 Å². The molecule has 1 atom stereocenters.